The van der Waals surface area contributed by atoms with Crippen LogP contribution in [0, 0.1) is 12.7 Å². The maximum absolute atomic E-state index is 13.6. The molecule has 0 aliphatic rings. The molecule has 0 bridgehead atoms. The molecule has 1 aromatic carbocycles. The zero-order valence-corrected chi connectivity index (χ0v) is 12.4. The molecule has 0 aliphatic heterocycles. The summed E-state index contributed by atoms with van der Waals surface area (Å²) in [5.74, 6) is -0.237. The van der Waals surface area contributed by atoms with Gasteiger partial charge in [0.25, 0.3) is 0 Å². The van der Waals surface area contributed by atoms with E-state index in [0.717, 1.165) is 29.7 Å². The molecule has 0 saturated carbocycles. The van der Waals surface area contributed by atoms with Crippen LogP contribution in [0.2, 0.25) is 5.02 Å². The molecule has 0 saturated heterocycles. The summed E-state index contributed by atoms with van der Waals surface area (Å²) < 4.78 is 13.6. The smallest absolute Gasteiger partial charge is 0.123 e. The topological polar surface area (TPSA) is 24.9 Å². The number of nitrogens with zero attached hydrogens (tertiary/aromatic N) is 1. The van der Waals surface area contributed by atoms with Crippen molar-refractivity contribution in [2.45, 2.75) is 26.3 Å². The lowest BCUT2D eigenvalue weighted by atomic mass is 9.95. The van der Waals surface area contributed by atoms with Crippen LogP contribution in [0.5, 0.6) is 0 Å². The second-order valence-electron chi connectivity index (χ2n) is 4.79. The predicted octanol–water partition coefficient (Wildman–Crippen LogP) is 4.27. The summed E-state index contributed by atoms with van der Waals surface area (Å²) >= 11 is 6.24. The summed E-state index contributed by atoms with van der Waals surface area (Å²) in [5, 5.41) is 4.02. The van der Waals surface area contributed by atoms with Crippen LogP contribution in [0.25, 0.3) is 0 Å². The molecule has 0 amide bonds. The molecule has 1 N–H and O–H groups in total. The van der Waals surface area contributed by atoms with Crippen LogP contribution < -0.4 is 5.32 Å². The van der Waals surface area contributed by atoms with Crippen LogP contribution in [-0.4, -0.2) is 11.5 Å². The standard InChI is InChI=1S/C16H18ClFN2/c1-3-7-20-16(13-6-8-19-10-15(13)17)14-9-12(18)5-4-11(14)2/h4-6,8-10,16,20H,3,7H2,1-2H3. The molecular weight excluding hydrogens is 275 g/mol. The molecule has 2 aromatic rings. The lowest BCUT2D eigenvalue weighted by Gasteiger charge is -2.22. The summed E-state index contributed by atoms with van der Waals surface area (Å²) in [6.07, 6.45) is 4.32. The summed E-state index contributed by atoms with van der Waals surface area (Å²) in [7, 11) is 0. The maximum atomic E-state index is 13.6. The molecule has 1 unspecified atom stereocenters. The Kier molecular flexibility index (Phi) is 5.10. The quantitative estimate of drug-likeness (QED) is 0.890. The van der Waals surface area contributed by atoms with Crippen molar-refractivity contribution in [3.63, 3.8) is 0 Å². The van der Waals surface area contributed by atoms with Crippen molar-refractivity contribution >= 4 is 11.6 Å². The third-order valence-corrected chi connectivity index (χ3v) is 3.58. The van der Waals surface area contributed by atoms with E-state index in [0.29, 0.717) is 5.02 Å². The van der Waals surface area contributed by atoms with E-state index in [-0.39, 0.29) is 11.9 Å². The third-order valence-electron chi connectivity index (χ3n) is 3.27. The van der Waals surface area contributed by atoms with Crippen LogP contribution in [0.1, 0.15) is 36.1 Å². The Morgan fingerprint density at radius 2 is 2.10 bits per heavy atom. The lowest BCUT2D eigenvalue weighted by Crippen LogP contribution is -2.24. The zero-order chi connectivity index (χ0) is 14.5. The fraction of sp³-hybridized carbons (Fsp3) is 0.312. The third kappa shape index (κ3) is 3.35. The normalized spacial score (nSPS) is 12.4. The molecule has 106 valence electrons. The molecule has 4 heteroatoms. The van der Waals surface area contributed by atoms with Gasteiger partial charge in [-0.05, 0) is 54.8 Å². The van der Waals surface area contributed by atoms with Crippen LogP contribution >= 0.6 is 11.6 Å². The van der Waals surface area contributed by atoms with Crippen LogP contribution in [0.4, 0.5) is 4.39 Å². The van der Waals surface area contributed by atoms with Gasteiger partial charge in [0.15, 0.2) is 0 Å². The van der Waals surface area contributed by atoms with E-state index < -0.39 is 0 Å². The first-order chi connectivity index (χ1) is 9.63. The van der Waals surface area contributed by atoms with E-state index in [4.69, 9.17) is 11.6 Å². The first kappa shape index (κ1) is 14.9. The van der Waals surface area contributed by atoms with E-state index >= 15 is 0 Å². The highest BCUT2D eigenvalue weighted by molar-refractivity contribution is 6.31. The van der Waals surface area contributed by atoms with Crippen molar-refractivity contribution in [1.82, 2.24) is 10.3 Å². The van der Waals surface area contributed by atoms with Gasteiger partial charge in [-0.1, -0.05) is 24.6 Å². The highest BCUT2D eigenvalue weighted by Crippen LogP contribution is 2.30. The van der Waals surface area contributed by atoms with Crippen molar-refractivity contribution in [2.75, 3.05) is 6.54 Å². The average Bonchev–Trinajstić information content (AvgIpc) is 2.44. The van der Waals surface area contributed by atoms with Crippen molar-refractivity contribution in [2.24, 2.45) is 0 Å². The van der Waals surface area contributed by atoms with E-state index in [9.17, 15) is 4.39 Å². The number of aryl methyl sites for hydroxylation is 1. The lowest BCUT2D eigenvalue weighted by molar-refractivity contribution is 0.582. The molecule has 20 heavy (non-hydrogen) atoms. The largest absolute Gasteiger partial charge is 0.306 e. The number of benzene rings is 1. The monoisotopic (exact) mass is 292 g/mol. The summed E-state index contributed by atoms with van der Waals surface area (Å²) in [4.78, 5) is 4.01. The van der Waals surface area contributed by atoms with Crippen molar-refractivity contribution in [1.29, 1.82) is 0 Å². The SMILES string of the molecule is CCCNC(c1cc(F)ccc1C)c1ccncc1Cl. The molecule has 0 fully saturated rings. The molecule has 1 heterocycles. The fourth-order valence-electron chi connectivity index (χ4n) is 2.22. The first-order valence-corrected chi connectivity index (χ1v) is 7.10. The Morgan fingerprint density at radius 1 is 1.30 bits per heavy atom. The van der Waals surface area contributed by atoms with Gasteiger partial charge >= 0.3 is 0 Å². The van der Waals surface area contributed by atoms with Crippen LogP contribution in [0.15, 0.2) is 36.7 Å². The van der Waals surface area contributed by atoms with E-state index in [1.165, 1.54) is 6.07 Å². The van der Waals surface area contributed by atoms with Gasteiger partial charge in [-0.15, -0.1) is 0 Å². The van der Waals surface area contributed by atoms with Gasteiger partial charge < -0.3 is 5.32 Å². The number of hydrogen-bond donors (Lipinski definition) is 1. The second-order valence-corrected chi connectivity index (χ2v) is 5.19. The van der Waals surface area contributed by atoms with Gasteiger partial charge in [0.05, 0.1) is 11.1 Å². The Labute approximate surface area is 124 Å². The van der Waals surface area contributed by atoms with Crippen molar-refractivity contribution < 1.29 is 4.39 Å². The first-order valence-electron chi connectivity index (χ1n) is 6.72. The summed E-state index contributed by atoms with van der Waals surface area (Å²) in [6.45, 7) is 4.90. The van der Waals surface area contributed by atoms with Crippen LogP contribution in [0.3, 0.4) is 0 Å². The van der Waals surface area contributed by atoms with Gasteiger partial charge in [-0.25, -0.2) is 4.39 Å². The maximum Gasteiger partial charge on any atom is 0.123 e. The Balaban J connectivity index is 2.47. The van der Waals surface area contributed by atoms with Gasteiger partial charge in [0.2, 0.25) is 0 Å². The van der Waals surface area contributed by atoms with Gasteiger partial charge in [0.1, 0.15) is 5.82 Å². The average molecular weight is 293 g/mol. The van der Waals surface area contributed by atoms with E-state index in [1.54, 1.807) is 24.5 Å². The second kappa shape index (κ2) is 6.82. The Morgan fingerprint density at radius 3 is 2.80 bits per heavy atom. The molecule has 2 nitrogen and oxygen atoms in total. The molecule has 2 rings (SSSR count). The number of hydrogen-bond acceptors (Lipinski definition) is 2. The predicted molar refractivity (Wildman–Crippen MR) is 80.5 cm³/mol. The van der Waals surface area contributed by atoms with Crippen molar-refractivity contribution in [3.05, 3.63) is 64.2 Å². The number of pyridine rings is 1. The van der Waals surface area contributed by atoms with E-state index in [1.807, 2.05) is 13.0 Å². The highest BCUT2D eigenvalue weighted by Gasteiger charge is 2.18. The van der Waals surface area contributed by atoms with Crippen LogP contribution in [-0.2, 0) is 0 Å². The molecule has 1 aromatic heterocycles. The number of aromatic nitrogens is 1. The Hall–Kier alpha value is -1.45. The minimum Gasteiger partial charge on any atom is -0.306 e. The molecule has 0 radical (unpaired) electrons. The zero-order valence-electron chi connectivity index (χ0n) is 11.7. The molecule has 1 atom stereocenters. The van der Waals surface area contributed by atoms with Gasteiger partial charge in [0, 0.05) is 12.4 Å². The fourth-order valence-corrected chi connectivity index (χ4v) is 2.45. The number of rotatable bonds is 5. The summed E-state index contributed by atoms with van der Waals surface area (Å²) in [6, 6.07) is 6.59. The van der Waals surface area contributed by atoms with E-state index in [2.05, 4.69) is 17.2 Å². The number of nitrogens with one attached hydrogen (secondary N) is 1. The van der Waals surface area contributed by atoms with Gasteiger partial charge in [-0.2, -0.15) is 0 Å². The van der Waals surface area contributed by atoms with Gasteiger partial charge in [-0.3, -0.25) is 4.98 Å². The van der Waals surface area contributed by atoms with Crippen molar-refractivity contribution in [3.8, 4) is 0 Å². The molecule has 0 spiro atoms. The number of halogens is 2. The minimum absolute atomic E-state index is 0.124. The minimum atomic E-state index is -0.237. The molecular formula is C16H18ClFN2. The summed E-state index contributed by atoms with van der Waals surface area (Å²) in [5.41, 5.74) is 2.86. The highest BCUT2D eigenvalue weighted by atomic mass is 35.5. The Bertz CT molecular complexity index is 586. The molecule has 0 aliphatic carbocycles.